The fourth-order valence-electron chi connectivity index (χ4n) is 3.38. The lowest BCUT2D eigenvalue weighted by Gasteiger charge is -2.39. The van der Waals surface area contributed by atoms with Crippen LogP contribution in [0.3, 0.4) is 0 Å². The molecular weight excluding hydrogens is 266 g/mol. The highest BCUT2D eigenvalue weighted by atomic mass is 16.2. The zero-order valence-electron chi connectivity index (χ0n) is 12.4. The number of fused-ring (bicyclic) bond motifs is 1. The minimum atomic E-state index is -0.510. The van der Waals surface area contributed by atoms with Gasteiger partial charge in [-0.05, 0) is 31.9 Å². The van der Waals surface area contributed by atoms with E-state index in [2.05, 4.69) is 16.0 Å². The molecule has 2 aliphatic rings. The molecule has 2 atom stereocenters. The molecular formula is C16H21N3O2. The molecule has 1 aromatic rings. The molecule has 2 amide bonds. The average Bonchev–Trinajstić information content (AvgIpc) is 2.81. The van der Waals surface area contributed by atoms with Gasteiger partial charge in [0.1, 0.15) is 0 Å². The quantitative estimate of drug-likeness (QED) is 0.740. The van der Waals surface area contributed by atoms with E-state index in [4.69, 9.17) is 0 Å². The van der Waals surface area contributed by atoms with E-state index in [-0.39, 0.29) is 23.8 Å². The first kappa shape index (κ1) is 14.1. The molecule has 0 aliphatic carbocycles. The van der Waals surface area contributed by atoms with Crippen LogP contribution in [-0.2, 0) is 11.2 Å². The van der Waals surface area contributed by atoms with Gasteiger partial charge in [0.25, 0.3) is 5.91 Å². The summed E-state index contributed by atoms with van der Waals surface area (Å²) in [5.74, 6) is -0.310. The van der Waals surface area contributed by atoms with Crippen LogP contribution in [0.4, 0.5) is 0 Å². The van der Waals surface area contributed by atoms with Crippen molar-refractivity contribution in [2.24, 2.45) is 5.92 Å². The van der Waals surface area contributed by atoms with Crippen LogP contribution in [0, 0.1) is 5.92 Å². The van der Waals surface area contributed by atoms with Crippen LogP contribution in [0.25, 0.3) is 0 Å². The predicted molar refractivity (Wildman–Crippen MR) is 80.0 cm³/mol. The number of amides is 2. The van der Waals surface area contributed by atoms with Gasteiger partial charge in [0, 0.05) is 24.7 Å². The van der Waals surface area contributed by atoms with Gasteiger partial charge < -0.3 is 16.0 Å². The normalized spacial score (nSPS) is 27.6. The third-order valence-electron chi connectivity index (χ3n) is 4.33. The monoisotopic (exact) mass is 287 g/mol. The second-order valence-corrected chi connectivity index (χ2v) is 6.29. The minimum Gasteiger partial charge on any atom is -0.354 e. The molecule has 112 valence electrons. The molecule has 1 saturated heterocycles. The molecule has 21 heavy (non-hydrogen) atoms. The number of nitrogens with one attached hydrogen (secondary N) is 3. The fraction of sp³-hybridized carbons (Fsp3) is 0.500. The maximum absolute atomic E-state index is 12.4. The number of rotatable bonds is 2. The smallest absolute Gasteiger partial charge is 0.252 e. The maximum Gasteiger partial charge on any atom is 0.252 e. The standard InChI is InChI=1S/C16H21N3O2/c1-10(2)18-15(21)13-8-17-9-16(13)7-11-5-3-4-6-12(11)14(20)19-16/h3-6,10,13,17H,7-9H2,1-2H3,(H,18,21)(H,19,20)/t13-,16+/m0/s1. The molecule has 1 aromatic carbocycles. The molecule has 3 N–H and O–H groups in total. The first-order chi connectivity index (χ1) is 10.0. The van der Waals surface area contributed by atoms with Crippen molar-refractivity contribution in [1.82, 2.24) is 16.0 Å². The maximum atomic E-state index is 12.4. The van der Waals surface area contributed by atoms with Crippen molar-refractivity contribution < 1.29 is 9.59 Å². The van der Waals surface area contributed by atoms with E-state index < -0.39 is 5.54 Å². The van der Waals surface area contributed by atoms with Gasteiger partial charge in [-0.3, -0.25) is 9.59 Å². The zero-order chi connectivity index (χ0) is 15.0. The van der Waals surface area contributed by atoms with Crippen molar-refractivity contribution in [3.63, 3.8) is 0 Å². The molecule has 0 unspecified atom stereocenters. The Balaban J connectivity index is 1.91. The van der Waals surface area contributed by atoms with E-state index in [0.717, 1.165) is 11.1 Å². The molecule has 2 aliphatic heterocycles. The fourth-order valence-corrected chi connectivity index (χ4v) is 3.38. The highest BCUT2D eigenvalue weighted by Gasteiger charge is 2.50. The number of benzene rings is 1. The first-order valence-electron chi connectivity index (χ1n) is 7.43. The van der Waals surface area contributed by atoms with Crippen LogP contribution < -0.4 is 16.0 Å². The van der Waals surface area contributed by atoms with Crippen LogP contribution in [0.2, 0.25) is 0 Å². The largest absolute Gasteiger partial charge is 0.354 e. The van der Waals surface area contributed by atoms with Crippen molar-refractivity contribution in [2.45, 2.75) is 31.8 Å². The van der Waals surface area contributed by atoms with Crippen molar-refractivity contribution >= 4 is 11.8 Å². The molecule has 5 nitrogen and oxygen atoms in total. The predicted octanol–water partition coefficient (Wildman–Crippen LogP) is 0.455. The van der Waals surface area contributed by atoms with Crippen molar-refractivity contribution in [1.29, 1.82) is 0 Å². The van der Waals surface area contributed by atoms with Gasteiger partial charge in [-0.25, -0.2) is 0 Å². The first-order valence-corrected chi connectivity index (χ1v) is 7.43. The van der Waals surface area contributed by atoms with E-state index in [0.29, 0.717) is 19.5 Å². The van der Waals surface area contributed by atoms with Crippen molar-refractivity contribution in [3.05, 3.63) is 35.4 Å². The molecule has 5 heteroatoms. The summed E-state index contributed by atoms with van der Waals surface area (Å²) < 4.78 is 0. The van der Waals surface area contributed by atoms with Gasteiger partial charge in [0.05, 0.1) is 11.5 Å². The lowest BCUT2D eigenvalue weighted by molar-refractivity contribution is -0.126. The second-order valence-electron chi connectivity index (χ2n) is 6.29. The van der Waals surface area contributed by atoms with Gasteiger partial charge in [-0.2, -0.15) is 0 Å². The molecule has 0 bridgehead atoms. The van der Waals surface area contributed by atoms with Gasteiger partial charge in [0.15, 0.2) is 0 Å². The highest BCUT2D eigenvalue weighted by molar-refractivity contribution is 5.98. The number of carbonyl (C=O) groups is 2. The molecule has 2 heterocycles. The summed E-state index contributed by atoms with van der Waals surface area (Å²) in [7, 11) is 0. The average molecular weight is 287 g/mol. The Labute approximate surface area is 124 Å². The third kappa shape index (κ3) is 2.42. The summed E-state index contributed by atoms with van der Waals surface area (Å²) in [6.07, 6.45) is 0.693. The lowest BCUT2D eigenvalue weighted by Crippen LogP contribution is -2.62. The Morgan fingerprint density at radius 2 is 2.14 bits per heavy atom. The Hall–Kier alpha value is -1.88. The molecule has 1 spiro atoms. The lowest BCUT2D eigenvalue weighted by atomic mass is 9.77. The number of carbonyl (C=O) groups excluding carboxylic acids is 2. The van der Waals surface area contributed by atoms with E-state index in [1.807, 2.05) is 38.1 Å². The topological polar surface area (TPSA) is 70.2 Å². The molecule has 0 radical (unpaired) electrons. The summed E-state index contributed by atoms with van der Waals surface area (Å²) in [6, 6.07) is 7.72. The summed E-state index contributed by atoms with van der Waals surface area (Å²) in [6.45, 7) is 5.12. The summed E-state index contributed by atoms with van der Waals surface area (Å²) in [5, 5.41) is 9.32. The Kier molecular flexibility index (Phi) is 3.45. The van der Waals surface area contributed by atoms with Crippen LogP contribution in [0.5, 0.6) is 0 Å². The van der Waals surface area contributed by atoms with E-state index in [1.165, 1.54) is 0 Å². The molecule has 0 aromatic heterocycles. The van der Waals surface area contributed by atoms with Gasteiger partial charge in [-0.1, -0.05) is 18.2 Å². The van der Waals surface area contributed by atoms with Crippen LogP contribution >= 0.6 is 0 Å². The Morgan fingerprint density at radius 1 is 1.38 bits per heavy atom. The zero-order valence-corrected chi connectivity index (χ0v) is 12.4. The molecule has 1 fully saturated rings. The second kappa shape index (κ2) is 5.15. The van der Waals surface area contributed by atoms with Crippen molar-refractivity contribution in [3.8, 4) is 0 Å². The van der Waals surface area contributed by atoms with Crippen LogP contribution in [0.15, 0.2) is 24.3 Å². The SMILES string of the molecule is CC(C)NC(=O)[C@@H]1CNC[C@]12Cc1ccccc1C(=O)N2. The van der Waals surface area contributed by atoms with E-state index in [1.54, 1.807) is 0 Å². The minimum absolute atomic E-state index is 0.00896. The Bertz CT molecular complexity index is 585. The van der Waals surface area contributed by atoms with E-state index >= 15 is 0 Å². The number of hydrogen-bond donors (Lipinski definition) is 3. The van der Waals surface area contributed by atoms with Crippen LogP contribution in [0.1, 0.15) is 29.8 Å². The van der Waals surface area contributed by atoms with Gasteiger partial charge in [0.2, 0.25) is 5.91 Å². The van der Waals surface area contributed by atoms with Gasteiger partial charge in [-0.15, -0.1) is 0 Å². The summed E-state index contributed by atoms with van der Waals surface area (Å²) in [5.41, 5.74) is 1.23. The molecule has 0 saturated carbocycles. The van der Waals surface area contributed by atoms with Crippen LogP contribution in [-0.4, -0.2) is 36.5 Å². The van der Waals surface area contributed by atoms with Crippen molar-refractivity contribution in [2.75, 3.05) is 13.1 Å². The van der Waals surface area contributed by atoms with E-state index in [9.17, 15) is 9.59 Å². The van der Waals surface area contributed by atoms with Gasteiger partial charge >= 0.3 is 0 Å². The Morgan fingerprint density at radius 3 is 2.90 bits per heavy atom. The summed E-state index contributed by atoms with van der Waals surface area (Å²) >= 11 is 0. The highest BCUT2D eigenvalue weighted by Crippen LogP contribution is 2.32. The summed E-state index contributed by atoms with van der Waals surface area (Å²) in [4.78, 5) is 24.8. The third-order valence-corrected chi connectivity index (χ3v) is 4.33. The molecule has 3 rings (SSSR count). The number of hydrogen-bond acceptors (Lipinski definition) is 3.